The zero-order valence-corrected chi connectivity index (χ0v) is 13.9. The molecule has 0 radical (unpaired) electrons. The van der Waals surface area contributed by atoms with Gasteiger partial charge in [0.25, 0.3) is 5.91 Å². The van der Waals surface area contributed by atoms with Gasteiger partial charge in [-0.2, -0.15) is 0 Å². The number of nitrogens with two attached hydrogens (primary N) is 1. The van der Waals surface area contributed by atoms with Crippen LogP contribution in [0.1, 0.15) is 39.6 Å². The van der Waals surface area contributed by atoms with E-state index in [1.54, 1.807) is 7.05 Å². The Morgan fingerprint density at radius 2 is 2.09 bits per heavy atom. The summed E-state index contributed by atoms with van der Waals surface area (Å²) in [5.74, 6) is -0.305. The van der Waals surface area contributed by atoms with Crippen molar-refractivity contribution in [2.75, 3.05) is 0 Å². The van der Waals surface area contributed by atoms with E-state index in [1.165, 1.54) is 28.0 Å². The number of rotatable bonds is 3. The molecule has 1 amide bonds. The fourth-order valence-corrected chi connectivity index (χ4v) is 3.62. The highest BCUT2D eigenvalue weighted by Crippen LogP contribution is 2.32. The van der Waals surface area contributed by atoms with Crippen molar-refractivity contribution in [3.63, 3.8) is 0 Å². The van der Waals surface area contributed by atoms with Gasteiger partial charge in [0.05, 0.1) is 6.04 Å². The number of nitrogens with one attached hydrogen (secondary N) is 1. The first-order valence-corrected chi connectivity index (χ1v) is 8.90. The van der Waals surface area contributed by atoms with Crippen LogP contribution in [-0.2, 0) is 23.5 Å². The first kappa shape index (κ1) is 15.8. The van der Waals surface area contributed by atoms with Gasteiger partial charge in [-0.3, -0.25) is 4.79 Å². The SMILES string of the molecule is Cc1ccc2c(c1)CC[C@H]2NC(=O)c1cc(S(N)(=O)=O)cn1C. The van der Waals surface area contributed by atoms with Gasteiger partial charge in [-0.25, -0.2) is 13.6 Å². The Labute approximate surface area is 135 Å². The molecule has 0 aliphatic heterocycles. The maximum absolute atomic E-state index is 12.5. The number of primary sulfonamides is 1. The van der Waals surface area contributed by atoms with E-state index >= 15 is 0 Å². The highest BCUT2D eigenvalue weighted by atomic mass is 32.2. The van der Waals surface area contributed by atoms with Gasteiger partial charge in [-0.15, -0.1) is 0 Å². The van der Waals surface area contributed by atoms with Crippen molar-refractivity contribution >= 4 is 15.9 Å². The Bertz CT molecular complexity index is 884. The largest absolute Gasteiger partial charge is 0.345 e. The molecule has 1 aromatic heterocycles. The number of aryl methyl sites for hydroxylation is 3. The monoisotopic (exact) mass is 333 g/mol. The van der Waals surface area contributed by atoms with Crippen molar-refractivity contribution in [1.29, 1.82) is 0 Å². The van der Waals surface area contributed by atoms with Crippen molar-refractivity contribution in [1.82, 2.24) is 9.88 Å². The number of hydrogen-bond donors (Lipinski definition) is 2. The second-order valence-corrected chi connectivity index (χ2v) is 7.55. The number of hydrogen-bond acceptors (Lipinski definition) is 3. The fourth-order valence-electron chi connectivity index (χ4n) is 3.04. The van der Waals surface area contributed by atoms with E-state index in [0.717, 1.165) is 18.4 Å². The number of fused-ring (bicyclic) bond motifs is 1. The lowest BCUT2D eigenvalue weighted by atomic mass is 10.1. The Morgan fingerprint density at radius 1 is 1.35 bits per heavy atom. The molecule has 0 unspecified atom stereocenters. The minimum atomic E-state index is -3.82. The molecule has 1 aliphatic carbocycles. The number of amides is 1. The summed E-state index contributed by atoms with van der Waals surface area (Å²) in [7, 11) is -2.20. The molecule has 1 atom stereocenters. The minimum absolute atomic E-state index is 0.0501. The van der Waals surface area contributed by atoms with Gasteiger partial charge in [-0.05, 0) is 37.0 Å². The second kappa shape index (κ2) is 5.50. The molecule has 3 N–H and O–H groups in total. The molecule has 122 valence electrons. The fraction of sp³-hybridized carbons (Fsp3) is 0.312. The van der Waals surface area contributed by atoms with Crippen LogP contribution in [0, 0.1) is 6.92 Å². The molecule has 0 saturated carbocycles. The summed E-state index contributed by atoms with van der Waals surface area (Å²) in [5, 5.41) is 8.09. The van der Waals surface area contributed by atoms with Crippen LogP contribution in [0.4, 0.5) is 0 Å². The van der Waals surface area contributed by atoms with Crippen LogP contribution >= 0.6 is 0 Å². The number of carbonyl (C=O) groups excluding carboxylic acids is 1. The standard InChI is InChI=1S/C16H19N3O3S/c1-10-3-5-13-11(7-10)4-6-14(13)18-16(20)15-8-12(9-19(15)2)23(17,21)22/h3,5,7-9,14H,4,6H2,1-2H3,(H,18,20)(H2,17,21,22)/t14-/m1/s1. The molecule has 0 bridgehead atoms. The molecule has 1 heterocycles. The lowest BCUT2D eigenvalue weighted by molar-refractivity contribution is 0.0928. The molecule has 0 fully saturated rings. The van der Waals surface area contributed by atoms with Crippen LogP contribution in [0.25, 0.3) is 0 Å². The minimum Gasteiger partial charge on any atom is -0.345 e. The predicted molar refractivity (Wildman–Crippen MR) is 86.5 cm³/mol. The highest BCUT2D eigenvalue weighted by molar-refractivity contribution is 7.89. The summed E-state index contributed by atoms with van der Waals surface area (Å²) in [5.41, 5.74) is 3.86. The topological polar surface area (TPSA) is 94.2 Å². The van der Waals surface area contributed by atoms with E-state index in [-0.39, 0.29) is 22.5 Å². The molecule has 0 spiro atoms. The van der Waals surface area contributed by atoms with Gasteiger partial charge in [0.2, 0.25) is 10.0 Å². The molecule has 1 aliphatic rings. The van der Waals surface area contributed by atoms with E-state index in [4.69, 9.17) is 5.14 Å². The van der Waals surface area contributed by atoms with E-state index in [1.807, 2.05) is 19.1 Å². The zero-order chi connectivity index (χ0) is 16.8. The predicted octanol–water partition coefficient (Wildman–Crippen LogP) is 1.40. The first-order valence-electron chi connectivity index (χ1n) is 7.35. The van der Waals surface area contributed by atoms with Gasteiger partial charge < -0.3 is 9.88 Å². The lowest BCUT2D eigenvalue weighted by Crippen LogP contribution is -2.28. The lowest BCUT2D eigenvalue weighted by Gasteiger charge is -2.14. The number of nitrogens with zero attached hydrogens (tertiary/aromatic N) is 1. The van der Waals surface area contributed by atoms with Gasteiger partial charge in [0.1, 0.15) is 10.6 Å². The molecule has 1 aromatic carbocycles. The molecular weight excluding hydrogens is 314 g/mol. The maximum Gasteiger partial charge on any atom is 0.268 e. The summed E-state index contributed by atoms with van der Waals surface area (Å²) in [6.07, 6.45) is 3.12. The summed E-state index contributed by atoms with van der Waals surface area (Å²) in [6, 6.07) is 7.47. The van der Waals surface area contributed by atoms with Gasteiger partial charge in [-0.1, -0.05) is 23.8 Å². The quantitative estimate of drug-likeness (QED) is 0.889. The second-order valence-electron chi connectivity index (χ2n) is 5.98. The van der Waals surface area contributed by atoms with Gasteiger partial charge in [0, 0.05) is 13.2 Å². The number of aromatic nitrogens is 1. The zero-order valence-electron chi connectivity index (χ0n) is 13.0. The normalized spacial score (nSPS) is 17.1. The number of benzene rings is 1. The van der Waals surface area contributed by atoms with Crippen LogP contribution in [0.3, 0.4) is 0 Å². The van der Waals surface area contributed by atoms with Crippen LogP contribution in [0.5, 0.6) is 0 Å². The summed E-state index contributed by atoms with van der Waals surface area (Å²) in [6.45, 7) is 2.05. The molecule has 3 rings (SSSR count). The smallest absolute Gasteiger partial charge is 0.268 e. The molecule has 0 saturated heterocycles. The third-order valence-corrected chi connectivity index (χ3v) is 5.10. The Kier molecular flexibility index (Phi) is 3.77. The first-order chi connectivity index (χ1) is 10.8. The Morgan fingerprint density at radius 3 is 2.74 bits per heavy atom. The van der Waals surface area contributed by atoms with Crippen molar-refractivity contribution < 1.29 is 13.2 Å². The summed E-state index contributed by atoms with van der Waals surface area (Å²) < 4.78 is 24.3. The Balaban J connectivity index is 1.83. The third kappa shape index (κ3) is 3.02. The molecule has 6 nitrogen and oxygen atoms in total. The van der Waals surface area contributed by atoms with Gasteiger partial charge in [0.15, 0.2) is 0 Å². The molecule has 7 heteroatoms. The molecule has 23 heavy (non-hydrogen) atoms. The van der Waals surface area contributed by atoms with E-state index in [0.29, 0.717) is 0 Å². The molecular formula is C16H19N3O3S. The maximum atomic E-state index is 12.5. The average Bonchev–Trinajstić information content (AvgIpc) is 3.02. The number of carbonyl (C=O) groups is 1. The van der Waals surface area contributed by atoms with E-state index in [2.05, 4.69) is 11.4 Å². The van der Waals surface area contributed by atoms with Crippen LogP contribution < -0.4 is 10.5 Å². The summed E-state index contributed by atoms with van der Waals surface area (Å²) in [4.78, 5) is 12.4. The molecule has 2 aromatic rings. The van der Waals surface area contributed by atoms with Crippen molar-refractivity contribution in [3.05, 3.63) is 52.8 Å². The number of sulfonamides is 1. The van der Waals surface area contributed by atoms with Crippen molar-refractivity contribution in [2.24, 2.45) is 12.2 Å². The van der Waals surface area contributed by atoms with E-state index in [9.17, 15) is 13.2 Å². The average molecular weight is 333 g/mol. The van der Waals surface area contributed by atoms with Gasteiger partial charge >= 0.3 is 0 Å². The van der Waals surface area contributed by atoms with Crippen LogP contribution in [-0.4, -0.2) is 18.9 Å². The Hall–Kier alpha value is -2.12. The highest BCUT2D eigenvalue weighted by Gasteiger charge is 2.26. The summed E-state index contributed by atoms with van der Waals surface area (Å²) >= 11 is 0. The van der Waals surface area contributed by atoms with Crippen molar-refractivity contribution in [2.45, 2.75) is 30.7 Å². The van der Waals surface area contributed by atoms with E-state index < -0.39 is 10.0 Å². The third-order valence-electron chi connectivity index (χ3n) is 4.22. The van der Waals surface area contributed by atoms with Crippen LogP contribution in [0.2, 0.25) is 0 Å². The van der Waals surface area contributed by atoms with Crippen molar-refractivity contribution in [3.8, 4) is 0 Å². The van der Waals surface area contributed by atoms with Crippen LogP contribution in [0.15, 0.2) is 35.4 Å².